The van der Waals surface area contributed by atoms with Gasteiger partial charge in [0.25, 0.3) is 5.56 Å². The highest BCUT2D eigenvalue weighted by Crippen LogP contribution is 2.40. The van der Waals surface area contributed by atoms with Gasteiger partial charge in [-0.05, 0) is 0 Å². The Hall–Kier alpha value is -1.47. The van der Waals surface area contributed by atoms with Crippen LogP contribution in [0, 0.1) is 5.92 Å². The molecule has 6 nitrogen and oxygen atoms in total. The van der Waals surface area contributed by atoms with Crippen molar-refractivity contribution in [2.24, 2.45) is 5.92 Å². The summed E-state index contributed by atoms with van der Waals surface area (Å²) >= 11 is 0. The fourth-order valence-electron chi connectivity index (χ4n) is 2.02. The summed E-state index contributed by atoms with van der Waals surface area (Å²) in [6.07, 6.45) is 0.432. The first-order valence-electron chi connectivity index (χ1n) is 5.24. The van der Waals surface area contributed by atoms with Gasteiger partial charge in [-0.1, -0.05) is 6.92 Å². The summed E-state index contributed by atoms with van der Waals surface area (Å²) in [6, 6.07) is 1.16. The van der Waals surface area contributed by atoms with Crippen LogP contribution in [-0.2, 0) is 4.74 Å². The number of hydrogen-bond donors (Lipinski definition) is 2. The lowest BCUT2D eigenvalue weighted by molar-refractivity contribution is -0.178. The topological polar surface area (TPSA) is 84.3 Å². The van der Waals surface area contributed by atoms with E-state index in [9.17, 15) is 14.0 Å². The van der Waals surface area contributed by atoms with E-state index in [-0.39, 0.29) is 12.3 Å². The van der Waals surface area contributed by atoms with Gasteiger partial charge in [0.15, 0.2) is 0 Å². The van der Waals surface area contributed by atoms with Crippen molar-refractivity contribution < 1.29 is 14.2 Å². The van der Waals surface area contributed by atoms with E-state index in [4.69, 9.17) is 9.84 Å². The Bertz CT molecular complexity index is 526. The normalized spacial score (nSPS) is 32.9. The van der Waals surface area contributed by atoms with Crippen molar-refractivity contribution in [1.82, 2.24) is 9.55 Å². The van der Waals surface area contributed by atoms with E-state index in [0.29, 0.717) is 0 Å². The molecule has 0 amide bonds. The molecule has 1 aliphatic heterocycles. The molecule has 2 rings (SSSR count). The SMILES string of the molecule is CC1CC(F)(CO)OC1n1ccc(=O)[nH]c1=O. The van der Waals surface area contributed by atoms with Crippen LogP contribution in [0.3, 0.4) is 0 Å². The Labute approximate surface area is 95.7 Å². The van der Waals surface area contributed by atoms with Crippen LogP contribution in [-0.4, -0.2) is 27.1 Å². The summed E-state index contributed by atoms with van der Waals surface area (Å²) in [7, 11) is 0. The first-order chi connectivity index (χ1) is 7.95. The monoisotopic (exact) mass is 244 g/mol. The quantitative estimate of drug-likeness (QED) is 0.751. The number of ether oxygens (including phenoxy) is 1. The van der Waals surface area contributed by atoms with Crippen LogP contribution < -0.4 is 11.2 Å². The van der Waals surface area contributed by atoms with Gasteiger partial charge in [-0.2, -0.15) is 0 Å². The van der Waals surface area contributed by atoms with Gasteiger partial charge in [0.2, 0.25) is 5.85 Å². The van der Waals surface area contributed by atoms with Gasteiger partial charge in [-0.3, -0.25) is 14.3 Å². The number of nitrogens with zero attached hydrogens (tertiary/aromatic N) is 1. The zero-order chi connectivity index (χ0) is 12.6. The van der Waals surface area contributed by atoms with Gasteiger partial charge in [0.1, 0.15) is 12.8 Å². The number of aliphatic hydroxyl groups is 1. The minimum Gasteiger partial charge on any atom is -0.390 e. The van der Waals surface area contributed by atoms with E-state index in [2.05, 4.69) is 4.98 Å². The van der Waals surface area contributed by atoms with Crippen LogP contribution in [0.2, 0.25) is 0 Å². The van der Waals surface area contributed by atoms with Gasteiger partial charge >= 0.3 is 5.69 Å². The molecule has 17 heavy (non-hydrogen) atoms. The van der Waals surface area contributed by atoms with Crippen LogP contribution >= 0.6 is 0 Å². The number of aliphatic hydroxyl groups excluding tert-OH is 1. The summed E-state index contributed by atoms with van der Waals surface area (Å²) in [6.45, 7) is 0.950. The molecule has 1 aromatic rings. The summed E-state index contributed by atoms with van der Waals surface area (Å²) < 4.78 is 19.9. The molecule has 0 radical (unpaired) electrons. The predicted molar refractivity (Wildman–Crippen MR) is 56.2 cm³/mol. The molecule has 1 fully saturated rings. The molecule has 1 saturated heterocycles. The average Bonchev–Trinajstić information content (AvgIpc) is 2.55. The van der Waals surface area contributed by atoms with Crippen LogP contribution in [0.4, 0.5) is 4.39 Å². The molecule has 0 aliphatic carbocycles. The minimum absolute atomic E-state index is 0.000265. The second-order valence-electron chi connectivity index (χ2n) is 4.25. The molecule has 0 saturated carbocycles. The number of nitrogens with one attached hydrogen (secondary N) is 1. The number of aromatic nitrogens is 2. The molecular weight excluding hydrogens is 231 g/mol. The van der Waals surface area contributed by atoms with Crippen LogP contribution in [0.1, 0.15) is 19.6 Å². The average molecular weight is 244 g/mol. The number of alkyl halides is 1. The Morgan fingerprint density at radius 2 is 2.41 bits per heavy atom. The third-order valence-corrected chi connectivity index (χ3v) is 2.81. The number of H-pyrrole nitrogens is 1. The zero-order valence-corrected chi connectivity index (χ0v) is 9.22. The lowest BCUT2D eigenvalue weighted by Crippen LogP contribution is -2.34. The molecule has 3 atom stereocenters. The summed E-state index contributed by atoms with van der Waals surface area (Å²) in [4.78, 5) is 24.5. The van der Waals surface area contributed by atoms with E-state index in [1.54, 1.807) is 6.92 Å². The summed E-state index contributed by atoms with van der Waals surface area (Å²) in [5.74, 6) is -2.41. The van der Waals surface area contributed by atoms with Crippen LogP contribution in [0.5, 0.6) is 0 Å². The Balaban J connectivity index is 2.35. The third kappa shape index (κ3) is 2.16. The molecule has 3 unspecified atom stereocenters. The molecule has 2 heterocycles. The molecule has 2 N–H and O–H groups in total. The second kappa shape index (κ2) is 4.08. The highest BCUT2D eigenvalue weighted by molar-refractivity contribution is 4.89. The number of hydrogen-bond acceptors (Lipinski definition) is 4. The Morgan fingerprint density at radius 1 is 1.71 bits per heavy atom. The molecule has 7 heteroatoms. The smallest absolute Gasteiger partial charge is 0.330 e. The van der Waals surface area contributed by atoms with E-state index in [0.717, 1.165) is 10.6 Å². The van der Waals surface area contributed by atoms with E-state index < -0.39 is 29.9 Å². The molecular formula is C10H13FN2O4. The van der Waals surface area contributed by atoms with Crippen molar-refractivity contribution in [2.45, 2.75) is 25.4 Å². The lowest BCUT2D eigenvalue weighted by atomic mass is 10.1. The maximum absolute atomic E-state index is 13.8. The largest absolute Gasteiger partial charge is 0.390 e. The Morgan fingerprint density at radius 3 is 2.94 bits per heavy atom. The van der Waals surface area contributed by atoms with Crippen molar-refractivity contribution >= 4 is 0 Å². The van der Waals surface area contributed by atoms with Crippen molar-refractivity contribution in [1.29, 1.82) is 0 Å². The van der Waals surface area contributed by atoms with E-state index in [1.807, 2.05) is 0 Å². The van der Waals surface area contributed by atoms with Crippen molar-refractivity contribution in [3.63, 3.8) is 0 Å². The Kier molecular flexibility index (Phi) is 2.88. The highest BCUT2D eigenvalue weighted by atomic mass is 19.2. The van der Waals surface area contributed by atoms with E-state index in [1.165, 1.54) is 6.20 Å². The number of halogens is 1. The molecule has 0 spiro atoms. The standard InChI is InChI=1S/C10H13FN2O4/c1-6-4-10(11,5-14)17-8(6)13-3-2-7(15)12-9(13)16/h2-3,6,8,14H,4-5H2,1H3,(H,12,15,16). The molecule has 0 bridgehead atoms. The maximum Gasteiger partial charge on any atom is 0.330 e. The van der Waals surface area contributed by atoms with Gasteiger partial charge in [0, 0.05) is 24.6 Å². The van der Waals surface area contributed by atoms with Gasteiger partial charge < -0.3 is 9.84 Å². The zero-order valence-electron chi connectivity index (χ0n) is 9.22. The van der Waals surface area contributed by atoms with Crippen LogP contribution in [0.25, 0.3) is 0 Å². The van der Waals surface area contributed by atoms with Crippen molar-refractivity contribution in [3.05, 3.63) is 33.1 Å². The first-order valence-corrected chi connectivity index (χ1v) is 5.24. The molecule has 1 aromatic heterocycles. The molecule has 1 aliphatic rings. The third-order valence-electron chi connectivity index (χ3n) is 2.81. The number of rotatable bonds is 2. The predicted octanol–water partition coefficient (Wildman–Crippen LogP) is -0.250. The van der Waals surface area contributed by atoms with Gasteiger partial charge in [-0.15, -0.1) is 0 Å². The highest BCUT2D eigenvalue weighted by Gasteiger charge is 2.45. The fourth-order valence-corrected chi connectivity index (χ4v) is 2.02. The van der Waals surface area contributed by atoms with Gasteiger partial charge in [-0.25, -0.2) is 9.18 Å². The second-order valence-corrected chi connectivity index (χ2v) is 4.25. The van der Waals surface area contributed by atoms with Crippen molar-refractivity contribution in [2.75, 3.05) is 6.61 Å². The first kappa shape index (κ1) is 12.0. The maximum atomic E-state index is 13.8. The number of aromatic amines is 1. The lowest BCUT2D eigenvalue weighted by Gasteiger charge is -2.19. The molecule has 0 aromatic carbocycles. The fraction of sp³-hybridized carbons (Fsp3) is 0.600. The van der Waals surface area contributed by atoms with E-state index >= 15 is 0 Å². The summed E-state index contributed by atoms with van der Waals surface area (Å²) in [5, 5.41) is 8.88. The minimum atomic E-state index is -2.13. The van der Waals surface area contributed by atoms with Gasteiger partial charge in [0.05, 0.1) is 0 Å². The van der Waals surface area contributed by atoms with Crippen molar-refractivity contribution in [3.8, 4) is 0 Å². The van der Waals surface area contributed by atoms with Crippen LogP contribution in [0.15, 0.2) is 21.9 Å². The molecule has 94 valence electrons. The summed E-state index contributed by atoms with van der Waals surface area (Å²) in [5.41, 5.74) is -1.18.